The first-order valence-electron chi connectivity index (χ1n) is 9.60. The maximum Gasteiger partial charge on any atom is 0.367 e. The lowest BCUT2D eigenvalue weighted by molar-refractivity contribution is -0.138. The van der Waals surface area contributed by atoms with Crippen LogP contribution in [0.15, 0.2) is 35.7 Å². The minimum Gasteiger partial charge on any atom is -0.461 e. The van der Waals surface area contributed by atoms with Crippen LogP contribution < -0.4 is 0 Å². The molecule has 0 spiro atoms. The molecule has 1 saturated heterocycles. The van der Waals surface area contributed by atoms with Gasteiger partial charge in [0.1, 0.15) is 0 Å². The normalized spacial score (nSPS) is 15.5. The lowest BCUT2D eigenvalue weighted by Crippen LogP contribution is -2.52. The van der Waals surface area contributed by atoms with Crippen molar-refractivity contribution in [1.29, 1.82) is 0 Å². The van der Waals surface area contributed by atoms with Gasteiger partial charge in [0.05, 0.1) is 17.7 Å². The lowest BCUT2D eigenvalue weighted by atomic mass is 9.83. The number of piperazine rings is 1. The number of ether oxygens (including phenoxy) is 1. The highest BCUT2D eigenvalue weighted by Gasteiger charge is 2.35. The van der Waals surface area contributed by atoms with E-state index in [2.05, 4.69) is 9.88 Å². The van der Waals surface area contributed by atoms with Crippen molar-refractivity contribution >= 4 is 23.2 Å². The average molecular weight is 402 g/mol. The Morgan fingerprint density at radius 2 is 1.82 bits per heavy atom. The summed E-state index contributed by atoms with van der Waals surface area (Å²) >= 11 is 1.32. The van der Waals surface area contributed by atoms with E-state index in [0.717, 1.165) is 24.3 Å². The van der Waals surface area contributed by atoms with Crippen molar-refractivity contribution in [3.05, 3.63) is 52.0 Å². The fourth-order valence-corrected chi connectivity index (χ4v) is 4.08. The van der Waals surface area contributed by atoms with E-state index < -0.39 is 5.41 Å². The Labute approximate surface area is 170 Å². The number of aromatic nitrogens is 1. The predicted molar refractivity (Wildman–Crippen MR) is 109 cm³/mol. The number of amides is 1. The Balaban J connectivity index is 1.54. The van der Waals surface area contributed by atoms with Gasteiger partial charge in [-0.1, -0.05) is 30.3 Å². The molecule has 150 valence electrons. The quantitative estimate of drug-likeness (QED) is 0.697. The number of hydrogen-bond donors (Lipinski definition) is 0. The van der Waals surface area contributed by atoms with E-state index in [-0.39, 0.29) is 11.9 Å². The third-order valence-corrected chi connectivity index (χ3v) is 5.95. The zero-order chi connectivity index (χ0) is 20.1. The summed E-state index contributed by atoms with van der Waals surface area (Å²) in [4.78, 5) is 33.4. The molecule has 1 aromatic heterocycles. The number of carbonyl (C=O) groups excluding carboxylic acids is 2. The summed E-state index contributed by atoms with van der Waals surface area (Å²) in [7, 11) is 0. The number of hydrogen-bond acceptors (Lipinski definition) is 6. The Morgan fingerprint density at radius 1 is 1.14 bits per heavy atom. The number of rotatable bonds is 6. The summed E-state index contributed by atoms with van der Waals surface area (Å²) in [6, 6.07) is 9.94. The van der Waals surface area contributed by atoms with Crippen LogP contribution in [0, 0.1) is 0 Å². The van der Waals surface area contributed by atoms with E-state index in [1.807, 2.05) is 54.5 Å². The molecule has 0 radical (unpaired) electrons. The molecule has 0 bridgehead atoms. The summed E-state index contributed by atoms with van der Waals surface area (Å²) in [5.74, 6) is -0.200. The van der Waals surface area contributed by atoms with Crippen LogP contribution in [0.3, 0.4) is 0 Å². The molecule has 2 aromatic rings. The van der Waals surface area contributed by atoms with Crippen molar-refractivity contribution < 1.29 is 14.3 Å². The van der Waals surface area contributed by atoms with Crippen molar-refractivity contribution in [2.45, 2.75) is 32.7 Å². The first-order chi connectivity index (χ1) is 13.4. The Hall–Kier alpha value is -2.25. The number of nitrogens with zero attached hydrogens (tertiary/aromatic N) is 3. The summed E-state index contributed by atoms with van der Waals surface area (Å²) in [6.07, 6.45) is 0. The molecule has 1 amide bonds. The minimum absolute atomic E-state index is 0.164. The smallest absolute Gasteiger partial charge is 0.367 e. The number of thiazole rings is 1. The monoisotopic (exact) mass is 401 g/mol. The zero-order valence-corrected chi connectivity index (χ0v) is 17.5. The fraction of sp³-hybridized carbons (Fsp3) is 0.476. The number of carbonyl (C=O) groups is 2. The zero-order valence-electron chi connectivity index (χ0n) is 16.7. The van der Waals surface area contributed by atoms with Gasteiger partial charge in [0, 0.05) is 38.1 Å². The van der Waals surface area contributed by atoms with Crippen LogP contribution in [0.4, 0.5) is 0 Å². The van der Waals surface area contributed by atoms with Gasteiger partial charge in [-0.3, -0.25) is 9.69 Å². The van der Waals surface area contributed by atoms with Gasteiger partial charge < -0.3 is 9.64 Å². The Morgan fingerprint density at radius 3 is 2.46 bits per heavy atom. The molecular weight excluding hydrogens is 374 g/mol. The third-order valence-electron chi connectivity index (χ3n) is 5.08. The predicted octanol–water partition coefficient (Wildman–Crippen LogP) is 2.94. The van der Waals surface area contributed by atoms with Gasteiger partial charge in [0.2, 0.25) is 10.9 Å². The first-order valence-corrected chi connectivity index (χ1v) is 10.5. The molecule has 1 aliphatic heterocycles. The van der Waals surface area contributed by atoms with Crippen molar-refractivity contribution in [2.24, 2.45) is 0 Å². The summed E-state index contributed by atoms with van der Waals surface area (Å²) in [6.45, 7) is 9.78. The molecule has 6 nitrogen and oxygen atoms in total. The van der Waals surface area contributed by atoms with Crippen molar-refractivity contribution in [2.75, 3.05) is 32.8 Å². The topological polar surface area (TPSA) is 62.7 Å². The summed E-state index contributed by atoms with van der Waals surface area (Å²) in [5.41, 5.74) is 1.38. The van der Waals surface area contributed by atoms with Crippen molar-refractivity contribution in [3.63, 3.8) is 0 Å². The molecular formula is C21H27N3O3S. The first kappa shape index (κ1) is 20.5. The molecule has 1 aromatic carbocycles. The Kier molecular flexibility index (Phi) is 6.46. The third kappa shape index (κ3) is 4.59. The van der Waals surface area contributed by atoms with Gasteiger partial charge in [-0.25, -0.2) is 9.78 Å². The fourth-order valence-electron chi connectivity index (χ4n) is 3.38. The Bertz CT molecular complexity index is 811. The van der Waals surface area contributed by atoms with E-state index >= 15 is 0 Å². The van der Waals surface area contributed by atoms with Crippen LogP contribution in [-0.2, 0) is 21.5 Å². The molecule has 28 heavy (non-hydrogen) atoms. The standard InChI is InChI=1S/C21H27N3O3S/c1-4-27-19(25)18-22-17(15-28-18)14-23-10-12-24(13-11-23)20(26)21(2,3)16-8-6-5-7-9-16/h5-9,15H,4,10-14H2,1-3H3. The van der Waals surface area contributed by atoms with Gasteiger partial charge in [0.15, 0.2) is 0 Å². The lowest BCUT2D eigenvalue weighted by Gasteiger charge is -2.38. The van der Waals surface area contributed by atoms with Crippen LogP contribution in [0.5, 0.6) is 0 Å². The maximum absolute atomic E-state index is 13.1. The maximum atomic E-state index is 13.1. The van der Waals surface area contributed by atoms with Crippen LogP contribution in [0.2, 0.25) is 0 Å². The largest absolute Gasteiger partial charge is 0.461 e. The van der Waals surface area contributed by atoms with Gasteiger partial charge in [0.25, 0.3) is 0 Å². The molecule has 2 heterocycles. The van der Waals surface area contributed by atoms with Crippen LogP contribution in [-0.4, -0.2) is 59.4 Å². The molecule has 1 aliphatic rings. The van der Waals surface area contributed by atoms with Gasteiger partial charge in [-0.2, -0.15) is 0 Å². The molecule has 1 fully saturated rings. The second-order valence-electron chi connectivity index (χ2n) is 7.42. The SMILES string of the molecule is CCOC(=O)c1nc(CN2CCN(C(=O)C(C)(C)c3ccccc3)CC2)cs1. The van der Waals surface area contributed by atoms with E-state index in [4.69, 9.17) is 4.74 Å². The van der Waals surface area contributed by atoms with Crippen molar-refractivity contribution in [1.82, 2.24) is 14.8 Å². The molecule has 0 N–H and O–H groups in total. The molecule has 0 atom stereocenters. The molecule has 0 aliphatic carbocycles. The highest BCUT2D eigenvalue weighted by Crippen LogP contribution is 2.26. The molecule has 3 rings (SSSR count). The van der Waals surface area contributed by atoms with Crippen molar-refractivity contribution in [3.8, 4) is 0 Å². The van der Waals surface area contributed by atoms with E-state index in [1.54, 1.807) is 6.92 Å². The van der Waals surface area contributed by atoms with Gasteiger partial charge >= 0.3 is 5.97 Å². The highest BCUT2D eigenvalue weighted by atomic mass is 32.1. The number of esters is 1. The summed E-state index contributed by atoms with van der Waals surface area (Å²) in [5, 5.41) is 2.30. The van der Waals surface area contributed by atoms with E-state index in [1.165, 1.54) is 11.3 Å². The van der Waals surface area contributed by atoms with Crippen LogP contribution in [0.1, 0.15) is 41.8 Å². The second-order valence-corrected chi connectivity index (χ2v) is 8.28. The second kappa shape index (κ2) is 8.84. The molecule has 0 saturated carbocycles. The number of benzene rings is 1. The summed E-state index contributed by atoms with van der Waals surface area (Å²) < 4.78 is 4.99. The van der Waals surface area contributed by atoms with Gasteiger partial charge in [-0.05, 0) is 26.3 Å². The average Bonchev–Trinajstić information content (AvgIpc) is 3.17. The van der Waals surface area contributed by atoms with E-state index in [9.17, 15) is 9.59 Å². The van der Waals surface area contributed by atoms with E-state index in [0.29, 0.717) is 31.2 Å². The molecule has 0 unspecified atom stereocenters. The highest BCUT2D eigenvalue weighted by molar-refractivity contribution is 7.11. The van der Waals surface area contributed by atoms with Crippen LogP contribution >= 0.6 is 11.3 Å². The van der Waals surface area contributed by atoms with Crippen LogP contribution in [0.25, 0.3) is 0 Å². The minimum atomic E-state index is -0.535. The van der Waals surface area contributed by atoms with Gasteiger partial charge in [-0.15, -0.1) is 11.3 Å². The molecule has 7 heteroatoms.